The quantitative estimate of drug-likeness (QED) is 0.933. The summed E-state index contributed by atoms with van der Waals surface area (Å²) < 4.78 is 11.3. The second-order valence-corrected chi connectivity index (χ2v) is 4.69. The fourth-order valence-corrected chi connectivity index (χ4v) is 2.07. The van der Waals surface area contributed by atoms with Gasteiger partial charge in [0.05, 0.1) is 12.8 Å². The van der Waals surface area contributed by atoms with Crippen LogP contribution < -0.4 is 10.1 Å². The van der Waals surface area contributed by atoms with Gasteiger partial charge in [-0.25, -0.2) is 0 Å². The predicted octanol–water partition coefficient (Wildman–Crippen LogP) is 2.58. The standard InChI is InChI=1S/C12H14BrNO3/c1-16-8-4-5-9(13)10(7-8)14-12(15)11-3-2-6-17-11/h4-5,7,11H,2-3,6H2,1H3,(H,14,15)/t11-/m1/s1. The minimum Gasteiger partial charge on any atom is -0.497 e. The number of nitrogens with one attached hydrogen (secondary N) is 1. The Morgan fingerprint density at radius 3 is 3.06 bits per heavy atom. The normalized spacial score (nSPS) is 19.1. The van der Waals surface area contributed by atoms with Gasteiger partial charge in [0.15, 0.2) is 0 Å². The number of ether oxygens (including phenoxy) is 2. The van der Waals surface area contributed by atoms with E-state index in [1.165, 1.54) is 0 Å². The molecule has 0 aromatic heterocycles. The summed E-state index contributed by atoms with van der Waals surface area (Å²) in [5.41, 5.74) is 0.699. The summed E-state index contributed by atoms with van der Waals surface area (Å²) in [4.78, 5) is 11.9. The number of methoxy groups -OCH3 is 1. The molecular formula is C12H14BrNO3. The first-order chi connectivity index (χ1) is 8.20. The van der Waals surface area contributed by atoms with E-state index in [0.29, 0.717) is 18.0 Å². The average Bonchev–Trinajstić information content (AvgIpc) is 2.85. The Labute approximate surface area is 108 Å². The van der Waals surface area contributed by atoms with Crippen LogP contribution in [0.5, 0.6) is 5.75 Å². The Kier molecular flexibility index (Phi) is 4.02. The summed E-state index contributed by atoms with van der Waals surface area (Å²) in [6.07, 6.45) is 1.40. The first kappa shape index (κ1) is 12.4. The monoisotopic (exact) mass is 299 g/mol. The van der Waals surface area contributed by atoms with Gasteiger partial charge >= 0.3 is 0 Å². The molecule has 1 N–H and O–H groups in total. The summed E-state index contributed by atoms with van der Waals surface area (Å²) in [5.74, 6) is 0.604. The van der Waals surface area contributed by atoms with Crippen molar-refractivity contribution in [3.8, 4) is 5.75 Å². The number of anilines is 1. The van der Waals surface area contributed by atoms with Crippen LogP contribution in [-0.2, 0) is 9.53 Å². The van der Waals surface area contributed by atoms with Crippen molar-refractivity contribution < 1.29 is 14.3 Å². The maximum atomic E-state index is 11.9. The molecule has 92 valence electrons. The molecule has 0 radical (unpaired) electrons. The van der Waals surface area contributed by atoms with Crippen LogP contribution in [0, 0.1) is 0 Å². The smallest absolute Gasteiger partial charge is 0.253 e. The zero-order chi connectivity index (χ0) is 12.3. The van der Waals surface area contributed by atoms with Gasteiger partial charge in [-0.2, -0.15) is 0 Å². The van der Waals surface area contributed by atoms with Crippen LogP contribution in [0.1, 0.15) is 12.8 Å². The molecule has 1 saturated heterocycles. The van der Waals surface area contributed by atoms with E-state index >= 15 is 0 Å². The maximum Gasteiger partial charge on any atom is 0.253 e. The lowest BCUT2D eigenvalue weighted by atomic mass is 10.2. The molecule has 0 unspecified atom stereocenters. The van der Waals surface area contributed by atoms with Crippen molar-refractivity contribution in [1.29, 1.82) is 0 Å². The van der Waals surface area contributed by atoms with E-state index in [9.17, 15) is 4.79 Å². The second-order valence-electron chi connectivity index (χ2n) is 3.84. The lowest BCUT2D eigenvalue weighted by Crippen LogP contribution is -2.26. The van der Waals surface area contributed by atoms with E-state index in [4.69, 9.17) is 9.47 Å². The molecule has 1 fully saturated rings. The molecule has 0 saturated carbocycles. The zero-order valence-corrected chi connectivity index (χ0v) is 11.1. The first-order valence-electron chi connectivity index (χ1n) is 5.46. The highest BCUT2D eigenvalue weighted by Crippen LogP contribution is 2.27. The van der Waals surface area contributed by atoms with Crippen LogP contribution >= 0.6 is 15.9 Å². The molecule has 0 spiro atoms. The van der Waals surface area contributed by atoms with Gasteiger partial charge < -0.3 is 14.8 Å². The zero-order valence-electron chi connectivity index (χ0n) is 9.53. The minimum atomic E-state index is -0.326. The highest BCUT2D eigenvalue weighted by atomic mass is 79.9. The van der Waals surface area contributed by atoms with E-state index in [2.05, 4.69) is 21.2 Å². The third kappa shape index (κ3) is 2.98. The molecule has 4 nitrogen and oxygen atoms in total. The third-order valence-corrected chi connectivity index (χ3v) is 3.35. The van der Waals surface area contributed by atoms with Crippen molar-refractivity contribution in [1.82, 2.24) is 0 Å². The Balaban J connectivity index is 2.09. The molecule has 1 amide bonds. The Bertz CT molecular complexity index is 416. The highest BCUT2D eigenvalue weighted by molar-refractivity contribution is 9.10. The van der Waals surface area contributed by atoms with E-state index in [0.717, 1.165) is 17.3 Å². The maximum absolute atomic E-state index is 11.9. The van der Waals surface area contributed by atoms with Crippen molar-refractivity contribution >= 4 is 27.5 Å². The van der Waals surface area contributed by atoms with Crippen LogP contribution in [-0.4, -0.2) is 25.7 Å². The lowest BCUT2D eigenvalue weighted by molar-refractivity contribution is -0.124. The van der Waals surface area contributed by atoms with E-state index in [-0.39, 0.29) is 12.0 Å². The first-order valence-corrected chi connectivity index (χ1v) is 6.26. The predicted molar refractivity (Wildman–Crippen MR) is 68.3 cm³/mol. The summed E-state index contributed by atoms with van der Waals surface area (Å²) in [7, 11) is 1.59. The van der Waals surface area contributed by atoms with Gasteiger partial charge in [-0.15, -0.1) is 0 Å². The van der Waals surface area contributed by atoms with E-state index in [1.807, 2.05) is 12.1 Å². The molecular weight excluding hydrogens is 286 g/mol. The SMILES string of the molecule is COc1ccc(Br)c(NC(=O)[C@H]2CCCO2)c1. The molecule has 17 heavy (non-hydrogen) atoms. The fourth-order valence-electron chi connectivity index (χ4n) is 1.72. The van der Waals surface area contributed by atoms with Gasteiger partial charge in [0.1, 0.15) is 11.9 Å². The minimum absolute atomic E-state index is 0.101. The van der Waals surface area contributed by atoms with Crippen molar-refractivity contribution in [2.24, 2.45) is 0 Å². The summed E-state index contributed by atoms with van der Waals surface area (Å²) in [6, 6.07) is 5.44. The van der Waals surface area contributed by atoms with Crippen LogP contribution in [0.25, 0.3) is 0 Å². The largest absolute Gasteiger partial charge is 0.497 e. The average molecular weight is 300 g/mol. The van der Waals surface area contributed by atoms with Gasteiger partial charge in [-0.3, -0.25) is 4.79 Å². The number of carbonyl (C=O) groups excluding carboxylic acids is 1. The number of carbonyl (C=O) groups is 1. The number of hydrogen-bond donors (Lipinski definition) is 1. The van der Waals surface area contributed by atoms with Gasteiger partial charge in [0.2, 0.25) is 0 Å². The molecule has 0 bridgehead atoms. The second kappa shape index (κ2) is 5.51. The van der Waals surface area contributed by atoms with Gasteiger partial charge in [0, 0.05) is 17.1 Å². The molecule has 2 rings (SSSR count). The molecule has 5 heteroatoms. The molecule has 1 aliphatic heterocycles. The Morgan fingerprint density at radius 1 is 1.59 bits per heavy atom. The van der Waals surface area contributed by atoms with Crippen LogP contribution in [0.15, 0.2) is 22.7 Å². The summed E-state index contributed by atoms with van der Waals surface area (Å²) >= 11 is 3.39. The number of benzene rings is 1. The molecule has 1 aromatic rings. The number of amides is 1. The van der Waals surface area contributed by atoms with Crippen molar-refractivity contribution in [2.45, 2.75) is 18.9 Å². The van der Waals surface area contributed by atoms with E-state index in [1.54, 1.807) is 13.2 Å². The molecule has 1 aromatic carbocycles. The van der Waals surface area contributed by atoms with Crippen molar-refractivity contribution in [3.05, 3.63) is 22.7 Å². The van der Waals surface area contributed by atoms with Crippen LogP contribution in [0.3, 0.4) is 0 Å². The van der Waals surface area contributed by atoms with Crippen LogP contribution in [0.4, 0.5) is 5.69 Å². The number of rotatable bonds is 3. The van der Waals surface area contributed by atoms with Crippen molar-refractivity contribution in [2.75, 3.05) is 19.0 Å². The topological polar surface area (TPSA) is 47.6 Å². The van der Waals surface area contributed by atoms with Crippen LogP contribution in [0.2, 0.25) is 0 Å². The number of halogens is 1. The number of hydrogen-bond acceptors (Lipinski definition) is 3. The van der Waals surface area contributed by atoms with Gasteiger partial charge in [-0.05, 0) is 40.9 Å². The summed E-state index contributed by atoms with van der Waals surface area (Å²) in [6.45, 7) is 0.664. The molecule has 1 aliphatic rings. The van der Waals surface area contributed by atoms with E-state index < -0.39 is 0 Å². The fraction of sp³-hybridized carbons (Fsp3) is 0.417. The summed E-state index contributed by atoms with van der Waals surface area (Å²) in [5, 5.41) is 2.84. The Hall–Kier alpha value is -1.07. The Morgan fingerprint density at radius 2 is 2.41 bits per heavy atom. The lowest BCUT2D eigenvalue weighted by Gasteiger charge is -2.12. The molecule has 1 atom stereocenters. The molecule has 0 aliphatic carbocycles. The third-order valence-electron chi connectivity index (χ3n) is 2.65. The highest BCUT2D eigenvalue weighted by Gasteiger charge is 2.24. The molecule has 1 heterocycles. The van der Waals surface area contributed by atoms with Gasteiger partial charge in [-0.1, -0.05) is 0 Å². The van der Waals surface area contributed by atoms with Gasteiger partial charge in [0.25, 0.3) is 5.91 Å². The van der Waals surface area contributed by atoms with Crippen molar-refractivity contribution in [3.63, 3.8) is 0 Å².